The molecule has 1 aliphatic heterocycles. The molecule has 25 heavy (non-hydrogen) atoms. The number of anilines is 2. The first-order valence-electron chi connectivity index (χ1n) is 7.81. The number of amides is 1. The summed E-state index contributed by atoms with van der Waals surface area (Å²) < 4.78 is 5.40. The van der Waals surface area contributed by atoms with Gasteiger partial charge in [-0.25, -0.2) is 4.98 Å². The van der Waals surface area contributed by atoms with E-state index in [0.29, 0.717) is 16.6 Å². The van der Waals surface area contributed by atoms with Crippen molar-refractivity contribution >= 4 is 41.4 Å². The SMILES string of the molecule is Cl.O=C(COc1cccc(Cl)c1)Nc1ccc(N2CCNCC2)cn1. The Morgan fingerprint density at radius 1 is 1.28 bits per heavy atom. The number of nitrogens with zero attached hydrogens (tertiary/aromatic N) is 2. The third-order valence-corrected chi connectivity index (χ3v) is 3.90. The predicted octanol–water partition coefficient (Wildman–Crippen LogP) is 2.58. The molecule has 0 aliphatic carbocycles. The molecule has 2 heterocycles. The van der Waals surface area contributed by atoms with Crippen LogP contribution in [-0.2, 0) is 4.79 Å². The number of nitrogens with one attached hydrogen (secondary N) is 2. The smallest absolute Gasteiger partial charge is 0.263 e. The van der Waals surface area contributed by atoms with Crippen LogP contribution in [0.4, 0.5) is 11.5 Å². The third kappa shape index (κ3) is 5.77. The topological polar surface area (TPSA) is 66.5 Å². The summed E-state index contributed by atoms with van der Waals surface area (Å²) >= 11 is 5.87. The Kier molecular flexibility index (Phi) is 7.31. The molecule has 2 aromatic rings. The summed E-state index contributed by atoms with van der Waals surface area (Å²) in [6.07, 6.45) is 1.78. The third-order valence-electron chi connectivity index (χ3n) is 3.66. The number of carbonyl (C=O) groups excluding carboxylic acids is 1. The fraction of sp³-hybridized carbons (Fsp3) is 0.294. The van der Waals surface area contributed by atoms with Crippen molar-refractivity contribution in [2.75, 3.05) is 43.0 Å². The first-order valence-corrected chi connectivity index (χ1v) is 8.18. The summed E-state index contributed by atoms with van der Waals surface area (Å²) in [6, 6.07) is 10.7. The molecule has 1 fully saturated rings. The van der Waals surface area contributed by atoms with Gasteiger partial charge in [0.05, 0.1) is 11.9 Å². The highest BCUT2D eigenvalue weighted by Crippen LogP contribution is 2.18. The molecule has 8 heteroatoms. The number of ether oxygens (including phenoxy) is 1. The van der Waals surface area contributed by atoms with Crippen molar-refractivity contribution in [1.82, 2.24) is 10.3 Å². The number of pyridine rings is 1. The summed E-state index contributed by atoms with van der Waals surface area (Å²) in [5.41, 5.74) is 1.06. The largest absolute Gasteiger partial charge is 0.484 e. The first kappa shape index (κ1) is 19.3. The molecule has 0 saturated carbocycles. The average Bonchev–Trinajstić information content (AvgIpc) is 2.61. The van der Waals surface area contributed by atoms with E-state index in [9.17, 15) is 4.79 Å². The summed E-state index contributed by atoms with van der Waals surface area (Å²) in [4.78, 5) is 18.5. The summed E-state index contributed by atoms with van der Waals surface area (Å²) in [5.74, 6) is 0.797. The van der Waals surface area contributed by atoms with E-state index in [1.807, 2.05) is 6.07 Å². The zero-order chi connectivity index (χ0) is 16.8. The lowest BCUT2D eigenvalue weighted by molar-refractivity contribution is -0.118. The van der Waals surface area contributed by atoms with Crippen molar-refractivity contribution in [3.05, 3.63) is 47.6 Å². The molecule has 2 N–H and O–H groups in total. The van der Waals surface area contributed by atoms with Gasteiger partial charge in [-0.15, -0.1) is 12.4 Å². The number of carbonyl (C=O) groups is 1. The first-order chi connectivity index (χ1) is 11.7. The lowest BCUT2D eigenvalue weighted by Crippen LogP contribution is -2.43. The Morgan fingerprint density at radius 3 is 2.76 bits per heavy atom. The van der Waals surface area contributed by atoms with Crippen LogP contribution in [0.3, 0.4) is 0 Å². The van der Waals surface area contributed by atoms with Crippen LogP contribution in [0.2, 0.25) is 5.02 Å². The van der Waals surface area contributed by atoms with Gasteiger partial charge in [0, 0.05) is 31.2 Å². The minimum Gasteiger partial charge on any atom is -0.484 e. The summed E-state index contributed by atoms with van der Waals surface area (Å²) in [6.45, 7) is 3.77. The van der Waals surface area contributed by atoms with Gasteiger partial charge in [-0.2, -0.15) is 0 Å². The van der Waals surface area contributed by atoms with Crippen LogP contribution >= 0.6 is 24.0 Å². The standard InChI is InChI=1S/C17H19ClN4O2.ClH/c18-13-2-1-3-15(10-13)24-12-17(23)21-16-5-4-14(11-20-16)22-8-6-19-7-9-22;/h1-5,10-11,19H,6-9,12H2,(H,20,21,23);1H. The minimum absolute atomic E-state index is 0. The number of rotatable bonds is 5. The molecule has 1 aromatic carbocycles. The van der Waals surface area contributed by atoms with Crippen LogP contribution < -0.4 is 20.3 Å². The van der Waals surface area contributed by atoms with E-state index in [4.69, 9.17) is 16.3 Å². The van der Waals surface area contributed by atoms with Crippen LogP contribution in [0.15, 0.2) is 42.6 Å². The van der Waals surface area contributed by atoms with E-state index in [1.165, 1.54) is 0 Å². The zero-order valence-corrected chi connectivity index (χ0v) is 15.1. The molecule has 3 rings (SSSR count). The van der Waals surface area contributed by atoms with Crippen LogP contribution in [-0.4, -0.2) is 43.7 Å². The van der Waals surface area contributed by atoms with Crippen molar-refractivity contribution in [2.45, 2.75) is 0 Å². The van der Waals surface area contributed by atoms with Gasteiger partial charge in [0.2, 0.25) is 0 Å². The Bertz CT molecular complexity index is 691. The second-order valence-electron chi connectivity index (χ2n) is 5.43. The molecular formula is C17H20Cl2N4O2. The molecule has 6 nitrogen and oxygen atoms in total. The quantitative estimate of drug-likeness (QED) is 0.831. The number of hydrogen-bond donors (Lipinski definition) is 2. The van der Waals surface area contributed by atoms with Gasteiger partial charge in [0.15, 0.2) is 6.61 Å². The Morgan fingerprint density at radius 2 is 2.08 bits per heavy atom. The lowest BCUT2D eigenvalue weighted by atomic mass is 10.3. The second-order valence-corrected chi connectivity index (χ2v) is 5.87. The molecule has 1 aliphatic rings. The highest BCUT2D eigenvalue weighted by atomic mass is 35.5. The maximum Gasteiger partial charge on any atom is 0.263 e. The number of aromatic nitrogens is 1. The lowest BCUT2D eigenvalue weighted by Gasteiger charge is -2.29. The molecule has 1 aromatic heterocycles. The summed E-state index contributed by atoms with van der Waals surface area (Å²) in [5, 5.41) is 6.60. The van der Waals surface area contributed by atoms with Gasteiger partial charge in [0.25, 0.3) is 5.91 Å². The normalized spacial score (nSPS) is 13.7. The Labute approximate surface area is 157 Å². The van der Waals surface area contributed by atoms with E-state index in [1.54, 1.807) is 36.5 Å². The Balaban J connectivity index is 0.00000225. The predicted molar refractivity (Wildman–Crippen MR) is 102 cm³/mol. The van der Waals surface area contributed by atoms with E-state index in [0.717, 1.165) is 31.9 Å². The van der Waals surface area contributed by atoms with Crippen molar-refractivity contribution in [2.24, 2.45) is 0 Å². The number of hydrogen-bond acceptors (Lipinski definition) is 5. The van der Waals surface area contributed by atoms with Gasteiger partial charge >= 0.3 is 0 Å². The maximum absolute atomic E-state index is 11.9. The van der Waals surface area contributed by atoms with E-state index in [2.05, 4.69) is 20.5 Å². The molecular weight excluding hydrogens is 363 g/mol. The summed E-state index contributed by atoms with van der Waals surface area (Å²) in [7, 11) is 0. The van der Waals surface area contributed by atoms with E-state index < -0.39 is 0 Å². The zero-order valence-electron chi connectivity index (χ0n) is 13.6. The van der Waals surface area contributed by atoms with Crippen LogP contribution in [0.25, 0.3) is 0 Å². The van der Waals surface area contributed by atoms with E-state index >= 15 is 0 Å². The van der Waals surface area contributed by atoms with Gasteiger partial charge in [-0.05, 0) is 30.3 Å². The molecule has 0 atom stereocenters. The minimum atomic E-state index is -0.266. The molecule has 1 amide bonds. The highest BCUT2D eigenvalue weighted by Gasteiger charge is 2.11. The molecule has 1 saturated heterocycles. The average molecular weight is 383 g/mol. The van der Waals surface area contributed by atoms with Crippen LogP contribution in [0.1, 0.15) is 0 Å². The van der Waals surface area contributed by atoms with Crippen LogP contribution in [0, 0.1) is 0 Å². The van der Waals surface area contributed by atoms with Crippen molar-refractivity contribution in [3.8, 4) is 5.75 Å². The number of piperazine rings is 1. The highest BCUT2D eigenvalue weighted by molar-refractivity contribution is 6.30. The van der Waals surface area contributed by atoms with Gasteiger partial charge in [-0.3, -0.25) is 4.79 Å². The van der Waals surface area contributed by atoms with Gasteiger partial charge in [0.1, 0.15) is 11.6 Å². The van der Waals surface area contributed by atoms with Crippen molar-refractivity contribution in [1.29, 1.82) is 0 Å². The molecule has 0 radical (unpaired) electrons. The maximum atomic E-state index is 11.9. The molecule has 134 valence electrons. The fourth-order valence-electron chi connectivity index (χ4n) is 2.45. The monoisotopic (exact) mass is 382 g/mol. The molecule has 0 spiro atoms. The van der Waals surface area contributed by atoms with Crippen LogP contribution in [0.5, 0.6) is 5.75 Å². The molecule has 0 unspecified atom stereocenters. The van der Waals surface area contributed by atoms with E-state index in [-0.39, 0.29) is 24.9 Å². The van der Waals surface area contributed by atoms with Gasteiger partial charge in [-0.1, -0.05) is 17.7 Å². The number of halogens is 2. The van der Waals surface area contributed by atoms with Crippen molar-refractivity contribution in [3.63, 3.8) is 0 Å². The van der Waals surface area contributed by atoms with Crippen molar-refractivity contribution < 1.29 is 9.53 Å². The second kappa shape index (κ2) is 9.46. The molecule has 0 bridgehead atoms. The number of benzene rings is 1. The van der Waals surface area contributed by atoms with Gasteiger partial charge < -0.3 is 20.3 Å². The Hall–Kier alpha value is -2.02. The fourth-order valence-corrected chi connectivity index (χ4v) is 2.63.